The van der Waals surface area contributed by atoms with Gasteiger partial charge in [0.25, 0.3) is 0 Å². The summed E-state index contributed by atoms with van der Waals surface area (Å²) in [6.07, 6.45) is -0.135. The van der Waals surface area contributed by atoms with E-state index < -0.39 is 0 Å². The quantitative estimate of drug-likeness (QED) is 0.233. The van der Waals surface area contributed by atoms with Gasteiger partial charge in [-0.25, -0.2) is 0 Å². The molecule has 4 rings (SSSR count). The molecule has 0 aromatic heterocycles. The van der Waals surface area contributed by atoms with E-state index in [-0.39, 0.29) is 60.7 Å². The van der Waals surface area contributed by atoms with Gasteiger partial charge in [0.15, 0.2) is 23.0 Å². The molecule has 0 aliphatic heterocycles. The molecule has 0 spiro atoms. The Morgan fingerprint density at radius 2 is 0.868 bits per heavy atom. The summed E-state index contributed by atoms with van der Waals surface area (Å²) in [6, 6.07) is 26.8. The Morgan fingerprint density at radius 3 is 1.21 bits per heavy atom. The number of rotatable bonds is 9. The molecule has 38 heavy (non-hydrogen) atoms. The predicted octanol–water partition coefficient (Wildman–Crippen LogP) is 5.06. The van der Waals surface area contributed by atoms with E-state index in [0.29, 0.717) is 22.5 Å². The van der Waals surface area contributed by atoms with E-state index in [2.05, 4.69) is 0 Å². The molecule has 8 heteroatoms. The van der Waals surface area contributed by atoms with Crippen molar-refractivity contribution in [2.75, 3.05) is 9.80 Å². The lowest BCUT2D eigenvalue weighted by atomic mass is 10.1. The van der Waals surface area contributed by atoms with E-state index in [1.165, 1.54) is 34.1 Å². The SMILES string of the molecule is O=C(CCC(=O)N(Cc1ccc(O)c(O)c1)c1ccccc1)N(Cc1ccc(O)c(O)c1)c1ccccc1. The van der Waals surface area contributed by atoms with Gasteiger partial charge in [-0.2, -0.15) is 0 Å². The summed E-state index contributed by atoms with van der Waals surface area (Å²) >= 11 is 0. The van der Waals surface area contributed by atoms with Crippen molar-refractivity contribution in [3.05, 3.63) is 108 Å². The highest BCUT2D eigenvalue weighted by molar-refractivity contribution is 5.99. The van der Waals surface area contributed by atoms with Crippen molar-refractivity contribution in [2.24, 2.45) is 0 Å². The summed E-state index contributed by atoms with van der Waals surface area (Å²) < 4.78 is 0. The van der Waals surface area contributed by atoms with Crippen LogP contribution in [0.25, 0.3) is 0 Å². The Bertz CT molecular complexity index is 1300. The van der Waals surface area contributed by atoms with E-state index in [9.17, 15) is 30.0 Å². The van der Waals surface area contributed by atoms with Crippen molar-refractivity contribution in [3.8, 4) is 23.0 Å². The Morgan fingerprint density at radius 1 is 0.500 bits per heavy atom. The summed E-state index contributed by atoms with van der Waals surface area (Å²) in [4.78, 5) is 29.8. The van der Waals surface area contributed by atoms with Crippen molar-refractivity contribution in [2.45, 2.75) is 25.9 Å². The standard InChI is InChI=1S/C30H28N2O6/c33-25-13-11-21(17-27(25)35)19-31(23-7-3-1-4-8-23)29(37)15-16-30(38)32(24-9-5-2-6-10-24)20-22-12-14-26(34)28(36)18-22/h1-14,17-18,33-36H,15-16,19-20H2. The third-order valence-corrected chi connectivity index (χ3v) is 6.05. The summed E-state index contributed by atoms with van der Waals surface area (Å²) in [6.45, 7) is 0.278. The number of phenols is 4. The molecule has 194 valence electrons. The molecule has 4 aromatic carbocycles. The van der Waals surface area contributed by atoms with Gasteiger partial charge >= 0.3 is 0 Å². The lowest BCUT2D eigenvalue weighted by Crippen LogP contribution is -2.34. The number of nitrogens with zero attached hydrogens (tertiary/aromatic N) is 2. The van der Waals surface area contributed by atoms with Gasteiger partial charge in [-0.05, 0) is 59.7 Å². The molecule has 4 aromatic rings. The fourth-order valence-corrected chi connectivity index (χ4v) is 4.05. The fraction of sp³-hybridized carbons (Fsp3) is 0.133. The first kappa shape index (κ1) is 26.1. The van der Waals surface area contributed by atoms with Crippen LogP contribution in [0.3, 0.4) is 0 Å². The summed E-state index contributed by atoms with van der Waals surface area (Å²) in [7, 11) is 0. The van der Waals surface area contributed by atoms with Gasteiger partial charge in [-0.3, -0.25) is 9.59 Å². The van der Waals surface area contributed by atoms with E-state index in [1.54, 1.807) is 60.7 Å². The molecular weight excluding hydrogens is 484 g/mol. The second-order valence-electron chi connectivity index (χ2n) is 8.78. The number of hydrogen-bond donors (Lipinski definition) is 4. The van der Waals surface area contributed by atoms with Crippen LogP contribution in [0.4, 0.5) is 11.4 Å². The first-order valence-corrected chi connectivity index (χ1v) is 12.0. The van der Waals surface area contributed by atoms with Crippen molar-refractivity contribution in [3.63, 3.8) is 0 Å². The first-order valence-electron chi connectivity index (χ1n) is 12.0. The molecule has 0 atom stereocenters. The minimum atomic E-state index is -0.285. The van der Waals surface area contributed by atoms with Crippen LogP contribution in [0.1, 0.15) is 24.0 Å². The van der Waals surface area contributed by atoms with Gasteiger partial charge in [0, 0.05) is 24.2 Å². The minimum Gasteiger partial charge on any atom is -0.504 e. The average molecular weight is 513 g/mol. The van der Waals surface area contributed by atoms with Gasteiger partial charge in [-0.15, -0.1) is 0 Å². The first-order chi connectivity index (χ1) is 18.3. The number of phenolic OH excluding ortho intramolecular Hbond substituents is 4. The van der Waals surface area contributed by atoms with Gasteiger partial charge in [0.2, 0.25) is 11.8 Å². The number of amides is 2. The van der Waals surface area contributed by atoms with Gasteiger partial charge < -0.3 is 30.2 Å². The number of aromatic hydroxyl groups is 4. The molecule has 4 N–H and O–H groups in total. The highest BCUT2D eigenvalue weighted by Gasteiger charge is 2.22. The van der Waals surface area contributed by atoms with Crippen molar-refractivity contribution >= 4 is 23.2 Å². The lowest BCUT2D eigenvalue weighted by Gasteiger charge is -2.25. The van der Waals surface area contributed by atoms with Crippen LogP contribution in [0.2, 0.25) is 0 Å². The molecule has 0 radical (unpaired) electrons. The largest absolute Gasteiger partial charge is 0.504 e. The highest BCUT2D eigenvalue weighted by Crippen LogP contribution is 2.29. The van der Waals surface area contributed by atoms with Crippen molar-refractivity contribution < 1.29 is 30.0 Å². The third kappa shape index (κ3) is 6.41. The normalized spacial score (nSPS) is 10.6. The Kier molecular flexibility index (Phi) is 8.13. The molecule has 0 unspecified atom stereocenters. The molecule has 0 aliphatic rings. The van der Waals surface area contributed by atoms with Crippen LogP contribution in [-0.2, 0) is 22.7 Å². The van der Waals surface area contributed by atoms with Crippen LogP contribution in [0.15, 0.2) is 97.1 Å². The molecule has 2 amide bonds. The lowest BCUT2D eigenvalue weighted by molar-refractivity contribution is -0.123. The van der Waals surface area contributed by atoms with Crippen LogP contribution < -0.4 is 9.80 Å². The molecule has 0 fully saturated rings. The zero-order valence-electron chi connectivity index (χ0n) is 20.6. The Hall–Kier alpha value is -4.98. The van der Waals surface area contributed by atoms with Gasteiger partial charge in [-0.1, -0.05) is 48.5 Å². The smallest absolute Gasteiger partial charge is 0.227 e. The average Bonchev–Trinajstić information content (AvgIpc) is 2.93. The number of benzene rings is 4. The molecular formula is C30H28N2O6. The van der Waals surface area contributed by atoms with Crippen molar-refractivity contribution in [1.82, 2.24) is 0 Å². The van der Waals surface area contributed by atoms with E-state index in [1.807, 2.05) is 12.1 Å². The third-order valence-electron chi connectivity index (χ3n) is 6.05. The number of carbonyl (C=O) groups excluding carboxylic acids is 2. The monoisotopic (exact) mass is 512 g/mol. The Balaban J connectivity index is 1.52. The maximum atomic E-state index is 13.4. The molecule has 0 saturated heterocycles. The number of hydrogen-bond acceptors (Lipinski definition) is 6. The second kappa shape index (κ2) is 11.8. The molecule has 0 aliphatic carbocycles. The molecule has 0 heterocycles. The second-order valence-corrected chi connectivity index (χ2v) is 8.78. The maximum Gasteiger partial charge on any atom is 0.227 e. The maximum absolute atomic E-state index is 13.4. The van der Waals surface area contributed by atoms with Gasteiger partial charge in [0.1, 0.15) is 0 Å². The highest BCUT2D eigenvalue weighted by atomic mass is 16.3. The summed E-state index contributed by atoms with van der Waals surface area (Å²) in [5, 5.41) is 39.0. The van der Waals surface area contributed by atoms with Gasteiger partial charge in [0.05, 0.1) is 13.1 Å². The molecule has 8 nitrogen and oxygen atoms in total. The summed E-state index contributed by atoms with van der Waals surface area (Å²) in [5.74, 6) is -1.63. The van der Waals surface area contributed by atoms with Crippen LogP contribution in [0.5, 0.6) is 23.0 Å². The topological polar surface area (TPSA) is 122 Å². The summed E-state index contributed by atoms with van der Waals surface area (Å²) in [5.41, 5.74) is 2.50. The van der Waals surface area contributed by atoms with Crippen LogP contribution in [-0.4, -0.2) is 32.2 Å². The number of carbonyl (C=O) groups is 2. The number of para-hydroxylation sites is 2. The van der Waals surface area contributed by atoms with Crippen LogP contribution in [0, 0.1) is 0 Å². The number of anilines is 2. The zero-order chi connectivity index (χ0) is 27.1. The van der Waals surface area contributed by atoms with E-state index in [0.717, 1.165) is 0 Å². The predicted molar refractivity (Wildman–Crippen MR) is 144 cm³/mol. The Labute approximate surface area is 220 Å². The zero-order valence-corrected chi connectivity index (χ0v) is 20.6. The fourth-order valence-electron chi connectivity index (χ4n) is 4.05. The van der Waals surface area contributed by atoms with Crippen molar-refractivity contribution in [1.29, 1.82) is 0 Å². The molecule has 0 bridgehead atoms. The van der Waals surface area contributed by atoms with E-state index >= 15 is 0 Å². The van der Waals surface area contributed by atoms with Crippen LogP contribution >= 0.6 is 0 Å². The van der Waals surface area contributed by atoms with E-state index in [4.69, 9.17) is 0 Å². The molecule has 0 saturated carbocycles. The minimum absolute atomic E-state index is 0.0675.